The fraction of sp³-hybridized carbons (Fsp3) is 0.818. The van der Waals surface area contributed by atoms with E-state index in [1.165, 1.54) is 0 Å². The Hall–Kier alpha value is -1.50. The number of rotatable bonds is 3. The molecule has 0 bridgehead atoms. The van der Waals surface area contributed by atoms with Crippen LogP contribution in [0.2, 0.25) is 0 Å². The van der Waals surface area contributed by atoms with E-state index in [0.29, 0.717) is 52.5 Å². The van der Waals surface area contributed by atoms with Crippen molar-refractivity contribution in [1.29, 1.82) is 0 Å². The van der Waals surface area contributed by atoms with Crippen LogP contribution in [0.5, 0.6) is 0 Å². The summed E-state index contributed by atoms with van der Waals surface area (Å²) in [6.07, 6.45) is 0.560. The van der Waals surface area contributed by atoms with Gasteiger partial charge in [0.2, 0.25) is 0 Å². The Morgan fingerprint density at radius 2 is 2.00 bits per heavy atom. The van der Waals surface area contributed by atoms with Crippen molar-refractivity contribution in [2.75, 3.05) is 52.5 Å². The van der Waals surface area contributed by atoms with E-state index in [4.69, 9.17) is 9.47 Å². The normalized spacial score (nSPS) is 20.6. The first kappa shape index (κ1) is 12.9. The number of morpholine rings is 1. The molecule has 7 heteroatoms. The van der Waals surface area contributed by atoms with Gasteiger partial charge in [-0.3, -0.25) is 0 Å². The van der Waals surface area contributed by atoms with Crippen molar-refractivity contribution >= 4 is 12.1 Å². The summed E-state index contributed by atoms with van der Waals surface area (Å²) in [6.45, 7) is 4.56. The molecule has 2 rings (SSSR count). The average Bonchev–Trinajstić information content (AvgIpc) is 2.42. The molecular weight excluding hydrogens is 238 g/mol. The van der Waals surface area contributed by atoms with Crippen LogP contribution < -0.4 is 5.32 Å². The summed E-state index contributed by atoms with van der Waals surface area (Å²) >= 11 is 0. The molecule has 0 aromatic heterocycles. The minimum Gasteiger partial charge on any atom is -0.449 e. The first-order valence-corrected chi connectivity index (χ1v) is 6.29. The van der Waals surface area contributed by atoms with Crippen molar-refractivity contribution in [2.24, 2.45) is 0 Å². The summed E-state index contributed by atoms with van der Waals surface area (Å²) < 4.78 is 10.1. The van der Waals surface area contributed by atoms with Gasteiger partial charge in [-0.15, -0.1) is 0 Å². The molecule has 18 heavy (non-hydrogen) atoms. The molecule has 0 aliphatic carbocycles. The van der Waals surface area contributed by atoms with E-state index in [1.54, 1.807) is 9.80 Å². The third-order valence-corrected chi connectivity index (χ3v) is 3.01. The predicted octanol–water partition coefficient (Wildman–Crippen LogP) is -0.129. The van der Waals surface area contributed by atoms with Gasteiger partial charge in [-0.05, 0) is 6.42 Å². The SMILES string of the molecule is O=C(NCCN1CCCOC1=O)N1CCOCC1. The number of nitrogens with one attached hydrogen (secondary N) is 1. The highest BCUT2D eigenvalue weighted by Crippen LogP contribution is 2.03. The van der Waals surface area contributed by atoms with Crippen LogP contribution in [-0.2, 0) is 9.47 Å². The third kappa shape index (κ3) is 3.49. The van der Waals surface area contributed by atoms with E-state index in [1.807, 2.05) is 0 Å². The Kier molecular flexibility index (Phi) is 4.63. The average molecular weight is 257 g/mol. The molecule has 2 saturated heterocycles. The minimum absolute atomic E-state index is 0.0938. The number of carbonyl (C=O) groups is 2. The van der Waals surface area contributed by atoms with Crippen LogP contribution in [-0.4, -0.2) is 74.5 Å². The van der Waals surface area contributed by atoms with Gasteiger partial charge in [0, 0.05) is 32.7 Å². The summed E-state index contributed by atoms with van der Waals surface area (Å²) in [4.78, 5) is 26.4. The van der Waals surface area contributed by atoms with Crippen LogP contribution >= 0.6 is 0 Å². The van der Waals surface area contributed by atoms with Crippen molar-refractivity contribution in [1.82, 2.24) is 15.1 Å². The molecule has 0 aromatic rings. The van der Waals surface area contributed by atoms with Crippen LogP contribution in [0.1, 0.15) is 6.42 Å². The zero-order valence-corrected chi connectivity index (χ0v) is 10.4. The maximum atomic E-state index is 11.7. The Bertz CT molecular complexity index is 305. The second kappa shape index (κ2) is 6.44. The molecule has 2 fully saturated rings. The molecule has 1 N–H and O–H groups in total. The molecule has 3 amide bonds. The number of ether oxygens (including phenoxy) is 2. The van der Waals surface area contributed by atoms with Crippen LogP contribution in [0.3, 0.4) is 0 Å². The number of carbonyl (C=O) groups excluding carboxylic acids is 2. The van der Waals surface area contributed by atoms with Gasteiger partial charge in [0.05, 0.1) is 19.8 Å². The molecule has 7 nitrogen and oxygen atoms in total. The van der Waals surface area contributed by atoms with Crippen LogP contribution in [0, 0.1) is 0 Å². The van der Waals surface area contributed by atoms with E-state index < -0.39 is 0 Å². The molecule has 0 atom stereocenters. The van der Waals surface area contributed by atoms with Crippen LogP contribution in [0.25, 0.3) is 0 Å². The lowest BCUT2D eigenvalue weighted by molar-refractivity contribution is 0.0524. The van der Waals surface area contributed by atoms with E-state index in [-0.39, 0.29) is 12.1 Å². The van der Waals surface area contributed by atoms with Crippen LogP contribution in [0.4, 0.5) is 9.59 Å². The largest absolute Gasteiger partial charge is 0.449 e. The first-order valence-electron chi connectivity index (χ1n) is 6.29. The van der Waals surface area contributed by atoms with Crippen molar-refractivity contribution in [2.45, 2.75) is 6.42 Å². The molecule has 102 valence electrons. The lowest BCUT2D eigenvalue weighted by atomic mass is 10.3. The Morgan fingerprint density at radius 3 is 2.72 bits per heavy atom. The zero-order valence-electron chi connectivity index (χ0n) is 10.4. The summed E-state index contributed by atoms with van der Waals surface area (Å²) in [6, 6.07) is -0.0938. The summed E-state index contributed by atoms with van der Waals surface area (Å²) in [5.41, 5.74) is 0. The van der Waals surface area contributed by atoms with E-state index >= 15 is 0 Å². The number of hydrogen-bond acceptors (Lipinski definition) is 4. The standard InChI is InChI=1S/C11H19N3O4/c15-10(13-5-8-17-9-6-13)12-2-4-14-3-1-7-18-11(14)16/h1-9H2,(H,12,15). The van der Waals surface area contributed by atoms with Crippen molar-refractivity contribution < 1.29 is 19.1 Å². The highest BCUT2D eigenvalue weighted by atomic mass is 16.6. The number of amides is 3. The molecule has 2 aliphatic heterocycles. The van der Waals surface area contributed by atoms with Gasteiger partial charge < -0.3 is 24.6 Å². The zero-order chi connectivity index (χ0) is 12.8. The van der Waals surface area contributed by atoms with Crippen LogP contribution in [0.15, 0.2) is 0 Å². The quantitative estimate of drug-likeness (QED) is 0.764. The molecule has 0 radical (unpaired) electrons. The highest BCUT2D eigenvalue weighted by molar-refractivity contribution is 5.74. The molecule has 2 aliphatic rings. The first-order chi connectivity index (χ1) is 8.77. The van der Waals surface area contributed by atoms with Gasteiger partial charge in [-0.1, -0.05) is 0 Å². The van der Waals surface area contributed by atoms with E-state index in [9.17, 15) is 9.59 Å². The maximum absolute atomic E-state index is 11.7. The molecule has 0 spiro atoms. The van der Waals surface area contributed by atoms with E-state index in [2.05, 4.69) is 5.32 Å². The summed E-state index contributed by atoms with van der Waals surface area (Å²) in [7, 11) is 0. The number of hydrogen-bond donors (Lipinski definition) is 1. The third-order valence-electron chi connectivity index (χ3n) is 3.01. The Balaban J connectivity index is 1.64. The van der Waals surface area contributed by atoms with Gasteiger partial charge in [-0.25, -0.2) is 9.59 Å². The predicted molar refractivity (Wildman–Crippen MR) is 63.3 cm³/mol. The fourth-order valence-electron chi connectivity index (χ4n) is 1.98. The molecule has 0 unspecified atom stereocenters. The van der Waals surface area contributed by atoms with Gasteiger partial charge in [0.25, 0.3) is 0 Å². The molecule has 0 saturated carbocycles. The second-order valence-electron chi connectivity index (χ2n) is 4.29. The molecule has 0 aromatic carbocycles. The minimum atomic E-state index is -0.290. The summed E-state index contributed by atoms with van der Waals surface area (Å²) in [5, 5.41) is 2.80. The Morgan fingerprint density at radius 1 is 1.22 bits per heavy atom. The van der Waals surface area contributed by atoms with Gasteiger partial charge >= 0.3 is 12.1 Å². The van der Waals surface area contributed by atoms with Crippen molar-refractivity contribution in [3.05, 3.63) is 0 Å². The van der Waals surface area contributed by atoms with Gasteiger partial charge in [0.1, 0.15) is 0 Å². The smallest absolute Gasteiger partial charge is 0.409 e. The number of cyclic esters (lactones) is 1. The van der Waals surface area contributed by atoms with Crippen molar-refractivity contribution in [3.63, 3.8) is 0 Å². The van der Waals surface area contributed by atoms with Crippen molar-refractivity contribution in [3.8, 4) is 0 Å². The number of nitrogens with zero attached hydrogens (tertiary/aromatic N) is 2. The number of urea groups is 1. The maximum Gasteiger partial charge on any atom is 0.409 e. The lowest BCUT2D eigenvalue weighted by Gasteiger charge is -2.29. The second-order valence-corrected chi connectivity index (χ2v) is 4.29. The van der Waals surface area contributed by atoms with Gasteiger partial charge in [-0.2, -0.15) is 0 Å². The van der Waals surface area contributed by atoms with E-state index in [0.717, 1.165) is 6.42 Å². The topological polar surface area (TPSA) is 71.1 Å². The molecule has 2 heterocycles. The summed E-state index contributed by atoms with van der Waals surface area (Å²) in [5.74, 6) is 0. The fourth-order valence-corrected chi connectivity index (χ4v) is 1.98. The highest BCUT2D eigenvalue weighted by Gasteiger charge is 2.20. The molecular formula is C11H19N3O4. The monoisotopic (exact) mass is 257 g/mol. The van der Waals surface area contributed by atoms with Gasteiger partial charge in [0.15, 0.2) is 0 Å². The Labute approximate surface area is 106 Å². The lowest BCUT2D eigenvalue weighted by Crippen LogP contribution is -2.48.